The second-order valence-electron chi connectivity index (χ2n) is 11.9. The molecular weight excluding hydrogens is 556 g/mol. The van der Waals surface area contributed by atoms with Crippen LogP contribution in [0.4, 0.5) is 0 Å². The molecule has 0 rings (SSSR count). The van der Waals surface area contributed by atoms with Crippen LogP contribution in [0.1, 0.15) is 155 Å². The number of aliphatic hydroxyl groups excluding tert-OH is 1. The zero-order valence-electron chi connectivity index (χ0n) is 29.4. The van der Waals surface area contributed by atoms with Crippen LogP contribution < -0.4 is 0 Å². The summed E-state index contributed by atoms with van der Waals surface area (Å²) in [5, 5.41) is 9.55. The molecule has 0 spiro atoms. The zero-order valence-corrected chi connectivity index (χ0v) is 29.4. The Morgan fingerprint density at radius 1 is 0.556 bits per heavy atom. The van der Waals surface area contributed by atoms with Crippen LogP contribution in [0.25, 0.3) is 0 Å². The summed E-state index contributed by atoms with van der Waals surface area (Å²) < 4.78 is 11.1. The highest BCUT2D eigenvalue weighted by Gasteiger charge is 2.13. The molecule has 0 radical (unpaired) electrons. The summed E-state index contributed by atoms with van der Waals surface area (Å²) in [6.45, 7) is 5.14. The average molecular weight is 627 g/mol. The second kappa shape index (κ2) is 38.0. The van der Waals surface area contributed by atoms with Crippen molar-refractivity contribution in [1.82, 2.24) is 0 Å². The van der Waals surface area contributed by atoms with Crippen molar-refractivity contribution in [3.8, 4) is 0 Å². The van der Waals surface area contributed by atoms with Crippen LogP contribution >= 0.6 is 0 Å². The van der Waals surface area contributed by atoms with E-state index in [0.717, 1.165) is 57.8 Å². The molecule has 1 atom stereocenters. The van der Waals surface area contributed by atoms with Crippen molar-refractivity contribution in [3.63, 3.8) is 0 Å². The van der Waals surface area contributed by atoms with Crippen molar-refractivity contribution >= 4 is 5.97 Å². The van der Waals surface area contributed by atoms with Crippen LogP contribution in [0, 0.1) is 0 Å². The fourth-order valence-corrected chi connectivity index (χ4v) is 4.77. The third-order valence-electron chi connectivity index (χ3n) is 7.52. The number of hydrogen-bond acceptors (Lipinski definition) is 4. The van der Waals surface area contributed by atoms with Gasteiger partial charge in [0.25, 0.3) is 0 Å². The SMILES string of the molecule is CC/C=C\C/C=C\C/C=C\C/C=C\C/C=C\CCCC(=O)OC(CO)COCCCCCCCC/C=C\CCCCCCCC. The van der Waals surface area contributed by atoms with Crippen LogP contribution in [-0.4, -0.2) is 37.0 Å². The Labute approximate surface area is 278 Å². The first-order valence-electron chi connectivity index (χ1n) is 18.5. The number of hydrogen-bond donors (Lipinski definition) is 1. The summed E-state index contributed by atoms with van der Waals surface area (Å²) >= 11 is 0. The molecular formula is C41H70O4. The van der Waals surface area contributed by atoms with Crippen molar-refractivity contribution in [2.24, 2.45) is 0 Å². The lowest BCUT2D eigenvalue weighted by atomic mass is 10.1. The molecule has 4 heteroatoms. The van der Waals surface area contributed by atoms with Gasteiger partial charge in [0.15, 0.2) is 0 Å². The van der Waals surface area contributed by atoms with E-state index in [1.165, 1.54) is 77.0 Å². The number of carbonyl (C=O) groups excluding carboxylic acids is 1. The molecule has 0 aromatic heterocycles. The molecule has 0 saturated carbocycles. The molecule has 0 fully saturated rings. The first kappa shape index (κ1) is 42.8. The average Bonchev–Trinajstić information content (AvgIpc) is 3.05. The molecule has 0 aromatic rings. The Bertz CT molecular complexity index is 789. The van der Waals surface area contributed by atoms with Crippen LogP contribution in [0.2, 0.25) is 0 Å². The summed E-state index contributed by atoms with van der Waals surface area (Å²) in [5.74, 6) is -0.262. The summed E-state index contributed by atoms with van der Waals surface area (Å²) in [7, 11) is 0. The first-order chi connectivity index (χ1) is 22.2. The number of ether oxygens (including phenoxy) is 2. The van der Waals surface area contributed by atoms with Crippen molar-refractivity contribution in [1.29, 1.82) is 0 Å². The van der Waals surface area contributed by atoms with Gasteiger partial charge in [-0.15, -0.1) is 0 Å². The van der Waals surface area contributed by atoms with Crippen LogP contribution in [0.3, 0.4) is 0 Å². The maximum absolute atomic E-state index is 12.1. The van der Waals surface area contributed by atoms with E-state index in [1.54, 1.807) is 0 Å². The highest BCUT2D eigenvalue weighted by molar-refractivity contribution is 5.69. The van der Waals surface area contributed by atoms with Gasteiger partial charge in [-0.1, -0.05) is 145 Å². The highest BCUT2D eigenvalue weighted by Crippen LogP contribution is 2.10. The fraction of sp³-hybridized carbons (Fsp3) is 0.683. The maximum atomic E-state index is 12.1. The van der Waals surface area contributed by atoms with E-state index in [1.807, 2.05) is 0 Å². The molecule has 0 aliphatic carbocycles. The quantitative estimate of drug-likeness (QED) is 0.0447. The molecule has 4 nitrogen and oxygen atoms in total. The maximum Gasteiger partial charge on any atom is 0.306 e. The molecule has 0 heterocycles. The lowest BCUT2D eigenvalue weighted by Crippen LogP contribution is -2.27. The minimum atomic E-state index is -0.569. The molecule has 0 aliphatic rings. The minimum Gasteiger partial charge on any atom is -0.457 e. The van der Waals surface area contributed by atoms with Gasteiger partial charge in [-0.3, -0.25) is 4.79 Å². The molecule has 1 N–H and O–H groups in total. The van der Waals surface area contributed by atoms with Gasteiger partial charge in [-0.25, -0.2) is 0 Å². The van der Waals surface area contributed by atoms with Gasteiger partial charge in [0.05, 0.1) is 13.2 Å². The van der Waals surface area contributed by atoms with Crippen molar-refractivity contribution in [3.05, 3.63) is 72.9 Å². The van der Waals surface area contributed by atoms with Crippen molar-refractivity contribution in [2.45, 2.75) is 161 Å². The van der Waals surface area contributed by atoms with Gasteiger partial charge in [-0.05, 0) is 77.0 Å². The molecule has 0 amide bonds. The normalized spacial score (nSPS) is 13.2. The Hall–Kier alpha value is -2.17. The molecule has 258 valence electrons. The van der Waals surface area contributed by atoms with E-state index in [2.05, 4.69) is 86.8 Å². The molecule has 45 heavy (non-hydrogen) atoms. The Kier molecular flexibility index (Phi) is 36.2. The predicted molar refractivity (Wildman–Crippen MR) is 196 cm³/mol. The standard InChI is InChI=1S/C41H70O4/c1-3-5-7-9-11-13-15-17-19-21-22-24-26-28-30-32-34-36-41(43)45-40(38-42)39-44-37-35-33-31-29-27-25-23-20-18-16-14-12-10-8-6-4-2/h5,7,11,13,17-20,22,24,28,30,40,42H,3-4,6,8-10,12,14-16,21,23,25-27,29,31-39H2,1-2H3/b7-5-,13-11-,19-17-,20-18-,24-22-,30-28-. The summed E-state index contributed by atoms with van der Waals surface area (Å²) in [4.78, 5) is 12.1. The molecule has 0 bridgehead atoms. The monoisotopic (exact) mass is 627 g/mol. The summed E-state index contributed by atoms with van der Waals surface area (Å²) in [6, 6.07) is 0. The predicted octanol–water partition coefficient (Wildman–Crippen LogP) is 11.9. The second-order valence-corrected chi connectivity index (χ2v) is 11.9. The molecule has 0 saturated heterocycles. The Morgan fingerprint density at radius 3 is 1.53 bits per heavy atom. The number of unbranched alkanes of at least 4 members (excludes halogenated alkanes) is 13. The third-order valence-corrected chi connectivity index (χ3v) is 7.52. The lowest BCUT2D eigenvalue weighted by molar-refractivity contribution is -0.154. The van der Waals surface area contributed by atoms with Crippen LogP contribution in [-0.2, 0) is 14.3 Å². The van der Waals surface area contributed by atoms with E-state index in [9.17, 15) is 9.90 Å². The van der Waals surface area contributed by atoms with E-state index in [0.29, 0.717) is 13.0 Å². The number of aliphatic hydroxyl groups is 1. The first-order valence-corrected chi connectivity index (χ1v) is 18.5. The number of esters is 1. The topological polar surface area (TPSA) is 55.8 Å². The Balaban J connectivity index is 3.59. The molecule has 1 unspecified atom stereocenters. The summed E-state index contributed by atoms with van der Waals surface area (Å²) in [6.07, 6.45) is 50.9. The van der Waals surface area contributed by atoms with Gasteiger partial charge in [0.2, 0.25) is 0 Å². The number of rotatable bonds is 33. The van der Waals surface area contributed by atoms with E-state index in [-0.39, 0.29) is 19.2 Å². The van der Waals surface area contributed by atoms with Gasteiger partial charge in [0, 0.05) is 13.0 Å². The van der Waals surface area contributed by atoms with Gasteiger partial charge in [0.1, 0.15) is 6.10 Å². The smallest absolute Gasteiger partial charge is 0.306 e. The minimum absolute atomic E-state index is 0.200. The van der Waals surface area contributed by atoms with Crippen LogP contribution in [0.5, 0.6) is 0 Å². The zero-order chi connectivity index (χ0) is 32.7. The van der Waals surface area contributed by atoms with Gasteiger partial charge in [-0.2, -0.15) is 0 Å². The van der Waals surface area contributed by atoms with Crippen LogP contribution in [0.15, 0.2) is 72.9 Å². The van der Waals surface area contributed by atoms with E-state index < -0.39 is 6.10 Å². The lowest BCUT2D eigenvalue weighted by Gasteiger charge is -2.15. The largest absolute Gasteiger partial charge is 0.457 e. The van der Waals surface area contributed by atoms with Crippen molar-refractivity contribution < 1.29 is 19.4 Å². The third kappa shape index (κ3) is 36.2. The molecule has 0 aromatic carbocycles. The van der Waals surface area contributed by atoms with E-state index >= 15 is 0 Å². The summed E-state index contributed by atoms with van der Waals surface area (Å²) in [5.41, 5.74) is 0. The van der Waals surface area contributed by atoms with Crippen molar-refractivity contribution in [2.75, 3.05) is 19.8 Å². The fourth-order valence-electron chi connectivity index (χ4n) is 4.77. The van der Waals surface area contributed by atoms with Gasteiger partial charge >= 0.3 is 5.97 Å². The van der Waals surface area contributed by atoms with Gasteiger partial charge < -0.3 is 14.6 Å². The highest BCUT2D eigenvalue weighted by atomic mass is 16.6. The number of carbonyl (C=O) groups is 1. The number of allylic oxidation sites excluding steroid dienone is 12. The van der Waals surface area contributed by atoms with E-state index in [4.69, 9.17) is 9.47 Å². The molecule has 0 aliphatic heterocycles. The Morgan fingerprint density at radius 2 is 1.00 bits per heavy atom.